The summed E-state index contributed by atoms with van der Waals surface area (Å²) in [5, 5.41) is 1.60. The van der Waals surface area contributed by atoms with Crippen LogP contribution in [0.1, 0.15) is 69.2 Å². The molecule has 7 heteroatoms. The lowest BCUT2D eigenvalue weighted by molar-refractivity contribution is -0.135. The molecule has 0 aromatic rings. The van der Waals surface area contributed by atoms with Crippen LogP contribution in [-0.4, -0.2) is 32.6 Å². The Bertz CT molecular complexity index is 474. The average molecular weight is 395 g/mol. The first-order chi connectivity index (χ1) is 10.5. The van der Waals surface area contributed by atoms with Crippen molar-refractivity contribution in [3.05, 3.63) is 0 Å². The first-order valence-corrected chi connectivity index (χ1v) is 10.6. The number of hydrogen-bond acceptors (Lipinski definition) is 4. The molecule has 0 spiro atoms. The standard InChI is InChI=1S/C17H35NO3P2S/c1-11(2)14(3,4)22-15(5,6)12(19)18-17(9,10)23-16(7,8)13(20)21-24/h11,22-24H,1-10H3,(H,18,19). The smallest absolute Gasteiger partial charge is 0.327 e. The lowest BCUT2D eigenvalue weighted by Crippen LogP contribution is -2.51. The van der Waals surface area contributed by atoms with E-state index < -0.39 is 15.6 Å². The van der Waals surface area contributed by atoms with Crippen molar-refractivity contribution in [3.8, 4) is 0 Å². The molecule has 0 rings (SSSR count). The van der Waals surface area contributed by atoms with Gasteiger partial charge in [-0.1, -0.05) is 36.3 Å². The zero-order chi connectivity index (χ0) is 19.6. The molecule has 0 radical (unpaired) electrons. The van der Waals surface area contributed by atoms with Gasteiger partial charge < -0.3 is 9.50 Å². The van der Waals surface area contributed by atoms with Gasteiger partial charge in [-0.25, -0.2) is 0 Å². The number of thiol groups is 1. The lowest BCUT2D eigenvalue weighted by Gasteiger charge is -2.40. The number of nitrogens with one attached hydrogen (secondary N) is 1. The van der Waals surface area contributed by atoms with Crippen molar-refractivity contribution in [2.24, 2.45) is 5.92 Å². The van der Waals surface area contributed by atoms with Crippen molar-refractivity contribution in [3.63, 3.8) is 0 Å². The topological polar surface area (TPSA) is 55.4 Å². The van der Waals surface area contributed by atoms with E-state index in [9.17, 15) is 9.59 Å². The fraction of sp³-hybridized carbons (Fsp3) is 0.882. The third kappa shape index (κ3) is 7.18. The molecule has 0 aromatic carbocycles. The number of hydrogen-bond donors (Lipinski definition) is 2. The van der Waals surface area contributed by atoms with Crippen LogP contribution in [0.25, 0.3) is 0 Å². The van der Waals surface area contributed by atoms with Gasteiger partial charge in [-0.2, -0.15) is 0 Å². The minimum atomic E-state index is -0.692. The summed E-state index contributed by atoms with van der Waals surface area (Å²) >= 11 is 3.61. The van der Waals surface area contributed by atoms with Gasteiger partial charge in [-0.05, 0) is 52.6 Å². The van der Waals surface area contributed by atoms with Crippen LogP contribution in [0.5, 0.6) is 0 Å². The first-order valence-electron chi connectivity index (χ1n) is 8.24. The molecule has 0 aliphatic carbocycles. The molecule has 0 aromatic heterocycles. The van der Waals surface area contributed by atoms with Gasteiger partial charge in [0.15, 0.2) is 0 Å². The highest BCUT2D eigenvalue weighted by molar-refractivity contribution is 7.75. The van der Waals surface area contributed by atoms with Gasteiger partial charge >= 0.3 is 5.97 Å². The summed E-state index contributed by atoms with van der Waals surface area (Å²) in [6.45, 7) is 20.3. The average Bonchev–Trinajstić information content (AvgIpc) is 2.34. The van der Waals surface area contributed by atoms with E-state index in [2.05, 4.69) is 50.1 Å². The summed E-state index contributed by atoms with van der Waals surface area (Å²) in [7, 11) is 0.679. The summed E-state index contributed by atoms with van der Waals surface area (Å²) in [6.07, 6.45) is 0. The Morgan fingerprint density at radius 1 is 0.917 bits per heavy atom. The number of carbonyl (C=O) groups is 2. The Labute approximate surface area is 157 Å². The SMILES string of the molecule is CC(C)C(C)(C)PC(C)(C)C(=O)NC(C)(C)PC(C)(C)C(=O)OS. The molecule has 0 heterocycles. The zero-order valence-electron chi connectivity index (χ0n) is 16.7. The van der Waals surface area contributed by atoms with E-state index in [1.165, 1.54) is 0 Å². The summed E-state index contributed by atoms with van der Waals surface area (Å²) in [6, 6.07) is 0. The molecule has 24 heavy (non-hydrogen) atoms. The van der Waals surface area contributed by atoms with Crippen molar-refractivity contribution in [2.75, 3.05) is 0 Å². The predicted octanol–water partition coefficient (Wildman–Crippen LogP) is 4.58. The summed E-state index contributed by atoms with van der Waals surface area (Å²) in [5.41, 5.74) is 0. The third-order valence-electron chi connectivity index (χ3n) is 4.29. The van der Waals surface area contributed by atoms with Crippen molar-refractivity contribution in [2.45, 2.75) is 90.0 Å². The van der Waals surface area contributed by atoms with Gasteiger partial charge in [-0.15, -0.1) is 8.58 Å². The Kier molecular flexibility index (Phi) is 8.28. The molecule has 0 saturated carbocycles. The minimum Gasteiger partial charge on any atom is -0.394 e. The Morgan fingerprint density at radius 3 is 1.75 bits per heavy atom. The van der Waals surface area contributed by atoms with E-state index in [1.807, 2.05) is 41.5 Å². The van der Waals surface area contributed by atoms with Gasteiger partial charge in [-0.3, -0.25) is 9.59 Å². The van der Waals surface area contributed by atoms with Crippen LogP contribution in [0.15, 0.2) is 0 Å². The van der Waals surface area contributed by atoms with Crippen molar-refractivity contribution < 1.29 is 13.8 Å². The van der Waals surface area contributed by atoms with E-state index in [0.717, 1.165) is 0 Å². The van der Waals surface area contributed by atoms with Gasteiger partial charge in [0.25, 0.3) is 0 Å². The largest absolute Gasteiger partial charge is 0.394 e. The van der Waals surface area contributed by atoms with E-state index >= 15 is 0 Å². The molecule has 1 amide bonds. The van der Waals surface area contributed by atoms with Gasteiger partial charge in [0.1, 0.15) is 0 Å². The van der Waals surface area contributed by atoms with Crippen LogP contribution >= 0.6 is 30.1 Å². The van der Waals surface area contributed by atoms with Crippen LogP contribution < -0.4 is 5.32 Å². The second kappa shape index (κ2) is 8.23. The summed E-state index contributed by atoms with van der Waals surface area (Å²) in [4.78, 5) is 24.7. The molecule has 0 fully saturated rings. The van der Waals surface area contributed by atoms with Crippen molar-refractivity contribution >= 4 is 41.9 Å². The maximum absolute atomic E-state index is 12.9. The van der Waals surface area contributed by atoms with Crippen LogP contribution in [0.4, 0.5) is 0 Å². The normalized spacial score (nSPS) is 14.8. The number of rotatable bonds is 8. The second-order valence-electron chi connectivity index (χ2n) is 8.83. The Morgan fingerprint density at radius 2 is 1.38 bits per heavy atom. The van der Waals surface area contributed by atoms with Crippen LogP contribution in [-0.2, 0) is 13.8 Å². The van der Waals surface area contributed by atoms with Crippen molar-refractivity contribution in [1.82, 2.24) is 5.32 Å². The van der Waals surface area contributed by atoms with E-state index in [0.29, 0.717) is 14.5 Å². The van der Waals surface area contributed by atoms with Crippen LogP contribution in [0.2, 0.25) is 0 Å². The van der Waals surface area contributed by atoms with Gasteiger partial charge in [0.05, 0.1) is 15.6 Å². The molecule has 2 unspecified atom stereocenters. The molecule has 2 atom stereocenters. The van der Waals surface area contributed by atoms with Crippen molar-refractivity contribution in [1.29, 1.82) is 0 Å². The molecule has 0 saturated heterocycles. The summed E-state index contributed by atoms with van der Waals surface area (Å²) in [5.74, 6) is 0.151. The molecule has 142 valence electrons. The third-order valence-corrected chi connectivity index (χ3v) is 8.11. The zero-order valence-corrected chi connectivity index (χ0v) is 19.6. The highest BCUT2D eigenvalue weighted by Crippen LogP contribution is 2.48. The van der Waals surface area contributed by atoms with Gasteiger partial charge in [0, 0.05) is 12.9 Å². The molecular formula is C17H35NO3P2S. The first kappa shape index (κ1) is 24.1. The molecule has 1 N–H and O–H groups in total. The lowest BCUT2D eigenvalue weighted by atomic mass is 9.99. The fourth-order valence-corrected chi connectivity index (χ4v) is 6.71. The maximum atomic E-state index is 12.9. The monoisotopic (exact) mass is 395 g/mol. The molecule has 0 bridgehead atoms. The molecule has 4 nitrogen and oxygen atoms in total. The Balaban J connectivity index is 5.10. The van der Waals surface area contributed by atoms with Gasteiger partial charge in [0.2, 0.25) is 5.91 Å². The molecule has 0 aliphatic rings. The van der Waals surface area contributed by atoms with Crippen LogP contribution in [0.3, 0.4) is 0 Å². The van der Waals surface area contributed by atoms with E-state index in [-0.39, 0.29) is 25.6 Å². The predicted molar refractivity (Wildman–Crippen MR) is 111 cm³/mol. The Hall–Kier alpha value is 0.150. The number of carbonyl (C=O) groups excluding carboxylic acids is 2. The van der Waals surface area contributed by atoms with Crippen LogP contribution in [0, 0.1) is 5.92 Å². The highest BCUT2D eigenvalue weighted by Gasteiger charge is 2.41. The molecular weight excluding hydrogens is 360 g/mol. The quantitative estimate of drug-likeness (QED) is 0.359. The fourth-order valence-electron chi connectivity index (χ4n) is 2.42. The van der Waals surface area contributed by atoms with E-state index in [4.69, 9.17) is 0 Å². The highest BCUT2D eigenvalue weighted by atomic mass is 32.1. The van der Waals surface area contributed by atoms with E-state index in [1.54, 1.807) is 0 Å². The second-order valence-corrected chi connectivity index (χ2v) is 14.6. The maximum Gasteiger partial charge on any atom is 0.327 e. The minimum absolute atomic E-state index is 0.0297. The molecule has 0 aliphatic heterocycles. The summed E-state index contributed by atoms with van der Waals surface area (Å²) < 4.78 is 4.58. The number of amides is 1.